The second kappa shape index (κ2) is 10.8. The zero-order valence-corrected chi connectivity index (χ0v) is 19.2. The monoisotopic (exact) mass is 465 g/mol. The molecule has 0 unspecified atom stereocenters. The fourth-order valence-corrected chi connectivity index (χ4v) is 3.56. The third-order valence-corrected chi connectivity index (χ3v) is 5.50. The van der Waals surface area contributed by atoms with Gasteiger partial charge in [-0.25, -0.2) is 4.79 Å². The average molecular weight is 466 g/mol. The molecule has 0 radical (unpaired) electrons. The Labute approximate surface area is 197 Å². The first-order valence-corrected chi connectivity index (χ1v) is 11.0. The van der Waals surface area contributed by atoms with Crippen LogP contribution < -0.4 is 15.0 Å². The Balaban J connectivity index is 1.26. The van der Waals surface area contributed by atoms with Crippen molar-refractivity contribution in [2.75, 3.05) is 43.1 Å². The Morgan fingerprint density at radius 3 is 2.56 bits per heavy atom. The van der Waals surface area contributed by atoms with E-state index in [2.05, 4.69) is 15.4 Å². The van der Waals surface area contributed by atoms with Crippen LogP contribution in [0.4, 0.5) is 11.4 Å². The predicted molar refractivity (Wildman–Crippen MR) is 125 cm³/mol. The molecular formula is C25H27N3O6. The van der Waals surface area contributed by atoms with Crippen LogP contribution in [0.3, 0.4) is 0 Å². The van der Waals surface area contributed by atoms with Crippen molar-refractivity contribution in [3.05, 3.63) is 71.1 Å². The van der Waals surface area contributed by atoms with Crippen molar-refractivity contribution in [2.24, 2.45) is 0 Å². The number of morpholine rings is 1. The lowest BCUT2D eigenvalue weighted by molar-refractivity contribution is -0.119. The third kappa shape index (κ3) is 5.93. The number of carbonyl (C=O) groups excluding carboxylic acids is 2. The van der Waals surface area contributed by atoms with Crippen molar-refractivity contribution in [2.45, 2.75) is 20.5 Å². The van der Waals surface area contributed by atoms with E-state index in [-0.39, 0.29) is 6.61 Å². The first-order valence-electron chi connectivity index (χ1n) is 11.0. The summed E-state index contributed by atoms with van der Waals surface area (Å²) in [7, 11) is 0. The highest BCUT2D eigenvalue weighted by Gasteiger charge is 2.14. The van der Waals surface area contributed by atoms with Crippen LogP contribution in [0.15, 0.2) is 53.1 Å². The van der Waals surface area contributed by atoms with Gasteiger partial charge in [0, 0.05) is 24.5 Å². The maximum atomic E-state index is 12.4. The number of ether oxygens (including phenoxy) is 3. The molecule has 3 aromatic rings. The van der Waals surface area contributed by atoms with Crippen LogP contribution in [0.1, 0.15) is 27.4 Å². The second-order valence-electron chi connectivity index (χ2n) is 7.89. The molecule has 0 atom stereocenters. The molecule has 1 aliphatic heterocycles. The van der Waals surface area contributed by atoms with E-state index in [1.165, 1.54) is 0 Å². The summed E-state index contributed by atoms with van der Waals surface area (Å²) in [6.45, 7) is 6.63. The quantitative estimate of drug-likeness (QED) is 0.504. The van der Waals surface area contributed by atoms with Gasteiger partial charge in [-0.05, 0) is 56.3 Å². The number of rotatable bonds is 8. The Morgan fingerprint density at radius 2 is 1.85 bits per heavy atom. The maximum Gasteiger partial charge on any atom is 0.338 e. The molecule has 1 aromatic heterocycles. The molecule has 1 saturated heterocycles. The van der Waals surface area contributed by atoms with Crippen LogP contribution in [0, 0.1) is 13.8 Å². The minimum absolute atomic E-state index is 0.270. The molecule has 1 fully saturated rings. The lowest BCUT2D eigenvalue weighted by Crippen LogP contribution is -2.36. The number of hydrogen-bond donors (Lipinski definition) is 1. The summed E-state index contributed by atoms with van der Waals surface area (Å²) in [4.78, 5) is 26.9. The van der Waals surface area contributed by atoms with Gasteiger partial charge in [-0.2, -0.15) is 0 Å². The molecule has 2 heterocycles. The smallest absolute Gasteiger partial charge is 0.338 e. The van der Waals surface area contributed by atoms with E-state index < -0.39 is 18.5 Å². The summed E-state index contributed by atoms with van der Waals surface area (Å²) in [5, 5.41) is 6.63. The number of carbonyl (C=O) groups is 2. The van der Waals surface area contributed by atoms with E-state index >= 15 is 0 Å². The number of esters is 1. The second-order valence-corrected chi connectivity index (χ2v) is 7.89. The standard InChI is InChI=1S/C25H27N3O6/c1-17-23(18(2)34-27-17)15-32-22-5-3-4-19(14-22)25(30)33-16-24(29)26-20-6-8-21(9-7-20)28-10-12-31-13-11-28/h3-9,14H,10-13,15-16H2,1-2H3,(H,26,29). The van der Waals surface area contributed by atoms with Crippen molar-refractivity contribution in [3.63, 3.8) is 0 Å². The molecule has 1 N–H and O–H groups in total. The van der Waals surface area contributed by atoms with Crippen molar-refractivity contribution < 1.29 is 28.3 Å². The molecule has 2 aromatic carbocycles. The molecule has 0 aliphatic carbocycles. The Hall–Kier alpha value is -3.85. The average Bonchev–Trinajstić information content (AvgIpc) is 3.19. The van der Waals surface area contributed by atoms with E-state index in [1.807, 2.05) is 38.1 Å². The van der Waals surface area contributed by atoms with E-state index in [0.717, 1.165) is 30.0 Å². The topological polar surface area (TPSA) is 103 Å². The number of anilines is 2. The third-order valence-electron chi connectivity index (χ3n) is 5.50. The number of nitrogens with zero attached hydrogens (tertiary/aromatic N) is 2. The van der Waals surface area contributed by atoms with Crippen molar-refractivity contribution >= 4 is 23.3 Å². The molecule has 4 rings (SSSR count). The molecule has 9 nitrogen and oxygen atoms in total. The zero-order valence-electron chi connectivity index (χ0n) is 19.2. The highest BCUT2D eigenvalue weighted by molar-refractivity contribution is 5.95. The van der Waals surface area contributed by atoms with Crippen LogP contribution in [0.5, 0.6) is 5.75 Å². The summed E-state index contributed by atoms with van der Waals surface area (Å²) in [6, 6.07) is 14.1. The van der Waals surface area contributed by atoms with Gasteiger partial charge < -0.3 is 29.0 Å². The molecule has 1 amide bonds. The molecule has 0 saturated carbocycles. The Kier molecular flexibility index (Phi) is 7.44. The van der Waals surface area contributed by atoms with E-state index in [0.29, 0.717) is 36.0 Å². The van der Waals surface area contributed by atoms with Gasteiger partial charge >= 0.3 is 5.97 Å². The van der Waals surface area contributed by atoms with Crippen molar-refractivity contribution in [1.29, 1.82) is 0 Å². The number of benzene rings is 2. The van der Waals surface area contributed by atoms with Gasteiger partial charge in [-0.1, -0.05) is 11.2 Å². The van der Waals surface area contributed by atoms with Gasteiger partial charge in [0.05, 0.1) is 30.0 Å². The van der Waals surface area contributed by atoms with Gasteiger partial charge in [0.25, 0.3) is 5.91 Å². The van der Waals surface area contributed by atoms with Gasteiger partial charge in [-0.15, -0.1) is 0 Å². The summed E-state index contributed by atoms with van der Waals surface area (Å²) >= 11 is 0. The fourth-order valence-electron chi connectivity index (χ4n) is 3.56. The first kappa shape index (κ1) is 23.3. The number of hydrogen-bond acceptors (Lipinski definition) is 8. The molecule has 0 spiro atoms. The van der Waals surface area contributed by atoms with Gasteiger partial charge in [0.1, 0.15) is 18.1 Å². The molecule has 1 aliphatic rings. The summed E-state index contributed by atoms with van der Waals surface area (Å²) in [6.07, 6.45) is 0. The molecular weight excluding hydrogens is 438 g/mol. The minimum atomic E-state index is -0.611. The Morgan fingerprint density at radius 1 is 1.09 bits per heavy atom. The number of aromatic nitrogens is 1. The Bertz CT molecular complexity index is 1120. The highest BCUT2D eigenvalue weighted by Crippen LogP contribution is 2.20. The highest BCUT2D eigenvalue weighted by atomic mass is 16.5. The van der Waals surface area contributed by atoms with E-state index in [4.69, 9.17) is 18.7 Å². The number of aryl methyl sites for hydroxylation is 2. The predicted octanol–water partition coefficient (Wildman–Crippen LogP) is 3.50. The van der Waals surface area contributed by atoms with E-state index in [1.54, 1.807) is 24.3 Å². The molecule has 178 valence electrons. The lowest BCUT2D eigenvalue weighted by atomic mass is 10.2. The first-order chi connectivity index (χ1) is 16.5. The van der Waals surface area contributed by atoms with Crippen LogP contribution in [-0.4, -0.2) is 49.9 Å². The van der Waals surface area contributed by atoms with Crippen LogP contribution in [-0.2, 0) is 20.9 Å². The number of amides is 1. The van der Waals surface area contributed by atoms with Gasteiger partial charge in [-0.3, -0.25) is 4.79 Å². The lowest BCUT2D eigenvalue weighted by Gasteiger charge is -2.28. The van der Waals surface area contributed by atoms with Gasteiger partial charge in [0.2, 0.25) is 0 Å². The summed E-state index contributed by atoms with van der Waals surface area (Å²) in [5.74, 6) is 0.160. The van der Waals surface area contributed by atoms with Crippen LogP contribution >= 0.6 is 0 Å². The SMILES string of the molecule is Cc1noc(C)c1COc1cccc(C(=O)OCC(=O)Nc2ccc(N3CCOCC3)cc2)c1. The van der Waals surface area contributed by atoms with E-state index in [9.17, 15) is 9.59 Å². The minimum Gasteiger partial charge on any atom is -0.489 e. The molecule has 0 bridgehead atoms. The fraction of sp³-hybridized carbons (Fsp3) is 0.320. The van der Waals surface area contributed by atoms with Crippen molar-refractivity contribution in [3.8, 4) is 5.75 Å². The van der Waals surface area contributed by atoms with Crippen LogP contribution in [0.2, 0.25) is 0 Å². The van der Waals surface area contributed by atoms with Crippen LogP contribution in [0.25, 0.3) is 0 Å². The van der Waals surface area contributed by atoms with Crippen molar-refractivity contribution in [1.82, 2.24) is 5.16 Å². The molecule has 34 heavy (non-hydrogen) atoms. The molecule has 9 heteroatoms. The summed E-state index contributed by atoms with van der Waals surface area (Å²) in [5.41, 5.74) is 3.62. The normalized spacial score (nSPS) is 13.4. The zero-order chi connectivity index (χ0) is 23.9. The maximum absolute atomic E-state index is 12.4. The number of nitrogens with one attached hydrogen (secondary N) is 1. The van der Waals surface area contributed by atoms with Gasteiger partial charge in [0.15, 0.2) is 6.61 Å². The largest absolute Gasteiger partial charge is 0.489 e. The summed E-state index contributed by atoms with van der Waals surface area (Å²) < 4.78 is 21.4.